The van der Waals surface area contributed by atoms with Crippen molar-refractivity contribution in [3.63, 3.8) is 0 Å². The van der Waals surface area contributed by atoms with E-state index in [1.165, 1.54) is 21.8 Å². The van der Waals surface area contributed by atoms with E-state index >= 15 is 0 Å². The van der Waals surface area contributed by atoms with Crippen molar-refractivity contribution in [2.75, 3.05) is 32.1 Å². The number of ether oxygens (including phenoxy) is 1. The second-order valence-corrected chi connectivity index (χ2v) is 7.05. The highest BCUT2D eigenvalue weighted by Crippen LogP contribution is 2.13. The maximum atomic E-state index is 5.42. The molecule has 1 atom stereocenters. The molecule has 0 aliphatic rings. The van der Waals surface area contributed by atoms with Crippen LogP contribution in [0.2, 0.25) is 0 Å². The minimum atomic E-state index is 0.768. The smallest absolute Gasteiger partial charge is 0.204 e. The Labute approximate surface area is 146 Å². The molecule has 0 radical (unpaired) electrons. The van der Waals surface area contributed by atoms with Crippen LogP contribution < -0.4 is 10.2 Å². The van der Waals surface area contributed by atoms with Gasteiger partial charge in [0.05, 0.1) is 7.05 Å². The Morgan fingerprint density at radius 1 is 1.35 bits per heavy atom. The third-order valence-electron chi connectivity index (χ3n) is 3.32. The summed E-state index contributed by atoms with van der Waals surface area (Å²) < 4.78 is 8.04. The normalized spacial score (nSPS) is 12.3. The van der Waals surface area contributed by atoms with E-state index in [1.807, 2.05) is 17.7 Å². The van der Waals surface area contributed by atoms with E-state index in [0.29, 0.717) is 0 Å². The van der Waals surface area contributed by atoms with Gasteiger partial charge >= 0.3 is 0 Å². The van der Waals surface area contributed by atoms with E-state index < -0.39 is 0 Å². The van der Waals surface area contributed by atoms with Crippen molar-refractivity contribution in [2.24, 2.45) is 0 Å². The van der Waals surface area contributed by atoms with Gasteiger partial charge in [-0.25, -0.2) is 0 Å². The van der Waals surface area contributed by atoms with Crippen LogP contribution >= 0.6 is 23.6 Å². The number of nitrogens with one attached hydrogen (secondary N) is 2. The Balaban J connectivity index is 1.82. The number of anilines is 1. The molecule has 0 spiro atoms. The van der Waals surface area contributed by atoms with Gasteiger partial charge in [0.25, 0.3) is 0 Å². The highest BCUT2D eigenvalue weighted by molar-refractivity contribution is 7.73. The van der Waals surface area contributed by atoms with Crippen LogP contribution in [-0.4, -0.2) is 36.6 Å². The Hall–Kier alpha value is -1.28. The summed E-state index contributed by atoms with van der Waals surface area (Å²) in [5, 5.41) is 8.77. The van der Waals surface area contributed by atoms with Crippen molar-refractivity contribution in [1.82, 2.24) is 9.78 Å². The molecule has 126 valence electrons. The average molecular weight is 354 g/mol. The van der Waals surface area contributed by atoms with Gasteiger partial charge in [0, 0.05) is 25.3 Å². The lowest BCUT2D eigenvalue weighted by Gasteiger charge is -2.13. The van der Waals surface area contributed by atoms with E-state index in [-0.39, 0.29) is 0 Å². The standard InChI is InChI=1S/C16H24N4OS2/c1-3-21-11-7-10-17-15-18-20(16(22)23-15)13-19(2)12-14-8-5-4-6-9-14/h4-6,8-9H,3,7,10-13H2,1-2H3,(H,17,18)/p+1. The van der Waals surface area contributed by atoms with Crippen LogP contribution in [0.3, 0.4) is 0 Å². The Morgan fingerprint density at radius 3 is 2.87 bits per heavy atom. The first-order valence-electron chi connectivity index (χ1n) is 7.94. The van der Waals surface area contributed by atoms with E-state index in [9.17, 15) is 0 Å². The topological polar surface area (TPSA) is 43.5 Å². The van der Waals surface area contributed by atoms with Gasteiger partial charge in [0.1, 0.15) is 6.54 Å². The lowest BCUT2D eigenvalue weighted by Crippen LogP contribution is -3.07. The first kappa shape index (κ1) is 18.1. The molecule has 0 saturated heterocycles. The van der Waals surface area contributed by atoms with Crippen molar-refractivity contribution < 1.29 is 9.64 Å². The van der Waals surface area contributed by atoms with Crippen LogP contribution in [0.15, 0.2) is 30.3 Å². The van der Waals surface area contributed by atoms with Crippen molar-refractivity contribution >= 4 is 28.7 Å². The minimum Gasteiger partial charge on any atom is -0.382 e. The number of hydrogen-bond acceptors (Lipinski definition) is 5. The second-order valence-electron chi connectivity index (χ2n) is 5.43. The fourth-order valence-corrected chi connectivity index (χ4v) is 3.28. The molecule has 0 amide bonds. The average Bonchev–Trinajstić information content (AvgIpc) is 2.88. The molecule has 1 aromatic heterocycles. The Bertz CT molecular complexity index is 627. The first-order chi connectivity index (χ1) is 11.2. The second kappa shape index (κ2) is 9.77. The highest BCUT2D eigenvalue weighted by Gasteiger charge is 2.09. The predicted octanol–water partition coefficient (Wildman–Crippen LogP) is 2.18. The van der Waals surface area contributed by atoms with Gasteiger partial charge in [-0.15, -0.1) is 5.10 Å². The molecular formula is C16H25N4OS2+. The van der Waals surface area contributed by atoms with Gasteiger partial charge in [-0.1, -0.05) is 41.7 Å². The molecule has 23 heavy (non-hydrogen) atoms. The Morgan fingerprint density at radius 2 is 2.13 bits per heavy atom. The van der Waals surface area contributed by atoms with Crippen LogP contribution in [0, 0.1) is 3.95 Å². The van der Waals surface area contributed by atoms with Crippen LogP contribution in [0.4, 0.5) is 5.13 Å². The molecule has 0 saturated carbocycles. The molecule has 0 aliphatic carbocycles. The molecule has 2 rings (SSSR count). The summed E-state index contributed by atoms with van der Waals surface area (Å²) >= 11 is 6.95. The minimum absolute atomic E-state index is 0.768. The largest absolute Gasteiger partial charge is 0.382 e. The number of nitrogens with zero attached hydrogens (tertiary/aromatic N) is 2. The number of quaternary nitrogens is 1. The van der Waals surface area contributed by atoms with E-state index in [2.05, 4.69) is 41.7 Å². The van der Waals surface area contributed by atoms with Crippen molar-refractivity contribution in [3.8, 4) is 0 Å². The first-order valence-corrected chi connectivity index (χ1v) is 9.16. The van der Waals surface area contributed by atoms with E-state index in [4.69, 9.17) is 17.0 Å². The number of aromatic nitrogens is 2. The summed E-state index contributed by atoms with van der Waals surface area (Å²) in [5.41, 5.74) is 1.32. The monoisotopic (exact) mass is 353 g/mol. The van der Waals surface area contributed by atoms with Gasteiger partial charge in [-0.3, -0.25) is 0 Å². The zero-order valence-corrected chi connectivity index (χ0v) is 15.4. The molecule has 0 fully saturated rings. The number of hydrogen-bond donors (Lipinski definition) is 2. The van der Waals surface area contributed by atoms with Crippen molar-refractivity contribution in [2.45, 2.75) is 26.6 Å². The number of rotatable bonds is 10. The number of benzene rings is 1. The molecule has 0 bridgehead atoms. The van der Waals surface area contributed by atoms with Gasteiger partial charge in [0.2, 0.25) is 5.13 Å². The third-order valence-corrected chi connectivity index (χ3v) is 4.59. The molecule has 2 aromatic rings. The van der Waals surface area contributed by atoms with E-state index in [0.717, 1.165) is 48.5 Å². The van der Waals surface area contributed by atoms with Crippen LogP contribution in [0.25, 0.3) is 0 Å². The fraction of sp³-hybridized carbons (Fsp3) is 0.500. The molecule has 1 unspecified atom stereocenters. The van der Waals surface area contributed by atoms with Gasteiger partial charge in [-0.05, 0) is 25.6 Å². The fourth-order valence-electron chi connectivity index (χ4n) is 2.25. The van der Waals surface area contributed by atoms with Crippen LogP contribution in [0.1, 0.15) is 18.9 Å². The Kier molecular flexibility index (Phi) is 7.67. The molecule has 7 heteroatoms. The summed E-state index contributed by atoms with van der Waals surface area (Å²) in [7, 11) is 2.16. The highest BCUT2D eigenvalue weighted by atomic mass is 32.1. The molecule has 0 aliphatic heterocycles. The van der Waals surface area contributed by atoms with E-state index in [1.54, 1.807) is 0 Å². The lowest BCUT2D eigenvalue weighted by molar-refractivity contribution is -0.917. The van der Waals surface area contributed by atoms with Crippen LogP contribution in [-0.2, 0) is 18.0 Å². The van der Waals surface area contributed by atoms with Crippen molar-refractivity contribution in [3.05, 3.63) is 39.8 Å². The molecule has 1 heterocycles. The van der Waals surface area contributed by atoms with Crippen LogP contribution in [0.5, 0.6) is 0 Å². The van der Waals surface area contributed by atoms with Gasteiger partial charge < -0.3 is 15.0 Å². The predicted molar refractivity (Wildman–Crippen MR) is 97.6 cm³/mol. The van der Waals surface area contributed by atoms with Gasteiger partial charge in [-0.2, -0.15) is 4.68 Å². The zero-order chi connectivity index (χ0) is 16.5. The molecule has 5 nitrogen and oxygen atoms in total. The zero-order valence-electron chi connectivity index (χ0n) is 13.7. The van der Waals surface area contributed by atoms with Crippen molar-refractivity contribution in [1.29, 1.82) is 0 Å². The summed E-state index contributed by atoms with van der Waals surface area (Å²) in [4.78, 5) is 1.35. The maximum absolute atomic E-state index is 5.42. The summed E-state index contributed by atoms with van der Waals surface area (Å²) in [6.45, 7) is 6.13. The summed E-state index contributed by atoms with van der Waals surface area (Å²) in [6.07, 6.45) is 0.972. The third kappa shape index (κ3) is 6.39. The SMILES string of the molecule is CCOCCCNc1nn(C[NH+](C)Cc2ccccc2)c(=S)s1. The summed E-state index contributed by atoms with van der Waals surface area (Å²) in [5.74, 6) is 0. The quantitative estimate of drug-likeness (QED) is 0.508. The molecule has 1 aromatic carbocycles. The molecular weight excluding hydrogens is 328 g/mol. The molecule has 2 N–H and O–H groups in total. The lowest BCUT2D eigenvalue weighted by atomic mass is 10.2. The van der Waals surface area contributed by atoms with Gasteiger partial charge in [0.15, 0.2) is 10.6 Å². The summed E-state index contributed by atoms with van der Waals surface area (Å²) in [6, 6.07) is 10.5. The maximum Gasteiger partial charge on any atom is 0.204 e.